The van der Waals surface area contributed by atoms with Crippen molar-refractivity contribution in [3.63, 3.8) is 0 Å². The quantitative estimate of drug-likeness (QED) is 0.815. The maximum atomic E-state index is 11.6. The second-order valence-corrected chi connectivity index (χ2v) is 5.18. The molecule has 0 N–H and O–H groups in total. The number of nitrogens with zero attached hydrogens (tertiary/aromatic N) is 1. The summed E-state index contributed by atoms with van der Waals surface area (Å²) in [4.78, 5) is 13.5. The molecule has 0 radical (unpaired) electrons. The largest absolute Gasteiger partial charge is 0.376 e. The maximum Gasteiger partial charge on any atom is 0.222 e. The van der Waals surface area contributed by atoms with Crippen LogP contribution in [0.2, 0.25) is 0 Å². The Morgan fingerprint density at radius 3 is 2.58 bits per heavy atom. The molecule has 0 saturated carbocycles. The van der Waals surface area contributed by atoms with Crippen LogP contribution < -0.4 is 0 Å². The van der Waals surface area contributed by atoms with Crippen molar-refractivity contribution >= 4 is 5.91 Å². The molecule has 1 aliphatic heterocycles. The highest BCUT2D eigenvalue weighted by molar-refractivity contribution is 5.75. The Hall–Kier alpha value is -1.35. The van der Waals surface area contributed by atoms with Crippen molar-refractivity contribution in [2.75, 3.05) is 19.7 Å². The van der Waals surface area contributed by atoms with Gasteiger partial charge in [0.15, 0.2) is 0 Å². The Bertz CT molecular complexity index is 383. The summed E-state index contributed by atoms with van der Waals surface area (Å²) in [5.41, 5.74) is 1.22. The van der Waals surface area contributed by atoms with Crippen LogP contribution in [0, 0.1) is 5.92 Å². The fourth-order valence-corrected chi connectivity index (χ4v) is 2.49. The lowest BCUT2D eigenvalue weighted by atomic mass is 9.97. The van der Waals surface area contributed by atoms with Gasteiger partial charge < -0.3 is 9.64 Å². The van der Waals surface area contributed by atoms with Crippen LogP contribution in [0.25, 0.3) is 0 Å². The van der Waals surface area contributed by atoms with Crippen LogP contribution in [0.1, 0.15) is 31.7 Å². The number of likely N-dealkylation sites (tertiary alicyclic amines) is 1. The second-order valence-electron chi connectivity index (χ2n) is 5.18. The van der Waals surface area contributed by atoms with Gasteiger partial charge in [-0.3, -0.25) is 4.79 Å². The molecule has 0 atom stereocenters. The SMILES string of the molecule is CCC(=O)N1CCC(COCc2ccccc2)CC1. The molecule has 19 heavy (non-hydrogen) atoms. The fourth-order valence-electron chi connectivity index (χ4n) is 2.49. The van der Waals surface area contributed by atoms with Crippen molar-refractivity contribution in [3.05, 3.63) is 35.9 Å². The number of benzene rings is 1. The predicted molar refractivity (Wildman–Crippen MR) is 75.7 cm³/mol. The predicted octanol–water partition coefficient (Wildman–Crippen LogP) is 2.85. The highest BCUT2D eigenvalue weighted by atomic mass is 16.5. The zero-order valence-electron chi connectivity index (χ0n) is 11.7. The lowest BCUT2D eigenvalue weighted by Crippen LogP contribution is -2.39. The topological polar surface area (TPSA) is 29.5 Å². The van der Waals surface area contributed by atoms with Crippen LogP contribution in [0.3, 0.4) is 0 Å². The van der Waals surface area contributed by atoms with E-state index in [1.165, 1.54) is 5.56 Å². The van der Waals surface area contributed by atoms with E-state index in [4.69, 9.17) is 4.74 Å². The molecule has 1 aliphatic rings. The van der Waals surface area contributed by atoms with Gasteiger partial charge in [0.1, 0.15) is 0 Å². The van der Waals surface area contributed by atoms with Gasteiger partial charge in [-0.25, -0.2) is 0 Å². The molecule has 1 heterocycles. The monoisotopic (exact) mass is 261 g/mol. The molecule has 1 amide bonds. The van der Waals surface area contributed by atoms with E-state index < -0.39 is 0 Å². The zero-order valence-corrected chi connectivity index (χ0v) is 11.7. The van der Waals surface area contributed by atoms with E-state index in [-0.39, 0.29) is 5.91 Å². The first-order valence-corrected chi connectivity index (χ1v) is 7.19. The van der Waals surface area contributed by atoms with E-state index in [0.29, 0.717) is 18.9 Å². The minimum absolute atomic E-state index is 0.281. The minimum Gasteiger partial charge on any atom is -0.376 e. The molecule has 0 bridgehead atoms. The number of hydrogen-bond acceptors (Lipinski definition) is 2. The van der Waals surface area contributed by atoms with Gasteiger partial charge >= 0.3 is 0 Å². The number of hydrogen-bond donors (Lipinski definition) is 0. The van der Waals surface area contributed by atoms with E-state index >= 15 is 0 Å². The van der Waals surface area contributed by atoms with E-state index in [9.17, 15) is 4.79 Å². The molecule has 0 aromatic heterocycles. The van der Waals surface area contributed by atoms with Crippen LogP contribution in [0.15, 0.2) is 30.3 Å². The number of carbonyl (C=O) groups excluding carboxylic acids is 1. The highest BCUT2D eigenvalue weighted by Crippen LogP contribution is 2.18. The number of piperidine rings is 1. The average molecular weight is 261 g/mol. The standard InChI is InChI=1S/C16H23NO2/c1-2-16(18)17-10-8-15(9-11-17)13-19-12-14-6-4-3-5-7-14/h3-7,15H,2,8-13H2,1H3. The Balaban J connectivity index is 1.65. The molecule has 1 aromatic carbocycles. The molecular formula is C16H23NO2. The fraction of sp³-hybridized carbons (Fsp3) is 0.562. The molecule has 0 unspecified atom stereocenters. The first kappa shape index (κ1) is 14.1. The summed E-state index contributed by atoms with van der Waals surface area (Å²) in [6, 6.07) is 10.3. The molecule has 3 nitrogen and oxygen atoms in total. The smallest absolute Gasteiger partial charge is 0.222 e. The molecule has 2 rings (SSSR count). The third kappa shape index (κ3) is 4.35. The lowest BCUT2D eigenvalue weighted by Gasteiger charge is -2.31. The number of rotatable bonds is 5. The second kappa shape index (κ2) is 7.29. The van der Waals surface area contributed by atoms with Crippen LogP contribution in [0.5, 0.6) is 0 Å². The van der Waals surface area contributed by atoms with E-state index in [2.05, 4.69) is 12.1 Å². The van der Waals surface area contributed by atoms with Crippen molar-refractivity contribution in [2.24, 2.45) is 5.92 Å². The van der Waals surface area contributed by atoms with Gasteiger partial charge in [-0.05, 0) is 24.3 Å². The van der Waals surface area contributed by atoms with Crippen molar-refractivity contribution in [1.29, 1.82) is 0 Å². The van der Waals surface area contributed by atoms with Crippen molar-refractivity contribution in [3.8, 4) is 0 Å². The van der Waals surface area contributed by atoms with Crippen molar-refractivity contribution < 1.29 is 9.53 Å². The van der Waals surface area contributed by atoms with Gasteiger partial charge in [0.05, 0.1) is 6.61 Å². The molecular weight excluding hydrogens is 238 g/mol. The first-order valence-electron chi connectivity index (χ1n) is 7.19. The van der Waals surface area contributed by atoms with Crippen molar-refractivity contribution in [1.82, 2.24) is 4.90 Å². The summed E-state index contributed by atoms with van der Waals surface area (Å²) in [5.74, 6) is 0.883. The summed E-state index contributed by atoms with van der Waals surface area (Å²) >= 11 is 0. The van der Waals surface area contributed by atoms with Crippen LogP contribution in [-0.2, 0) is 16.1 Å². The molecule has 1 saturated heterocycles. The van der Waals surface area contributed by atoms with E-state index in [1.54, 1.807) is 0 Å². The van der Waals surface area contributed by atoms with Gasteiger partial charge in [0.2, 0.25) is 5.91 Å². The summed E-state index contributed by atoms with van der Waals surface area (Å²) in [5, 5.41) is 0. The molecule has 0 spiro atoms. The van der Waals surface area contributed by atoms with Gasteiger partial charge in [-0.15, -0.1) is 0 Å². The Morgan fingerprint density at radius 2 is 1.95 bits per heavy atom. The molecule has 104 valence electrons. The first-order chi connectivity index (χ1) is 9.29. The van der Waals surface area contributed by atoms with Crippen LogP contribution in [0.4, 0.5) is 0 Å². The van der Waals surface area contributed by atoms with Gasteiger partial charge in [-0.2, -0.15) is 0 Å². The van der Waals surface area contributed by atoms with Crippen LogP contribution in [-0.4, -0.2) is 30.5 Å². The van der Waals surface area contributed by atoms with E-state index in [1.807, 2.05) is 30.0 Å². The Morgan fingerprint density at radius 1 is 1.26 bits per heavy atom. The molecule has 1 fully saturated rings. The summed E-state index contributed by atoms with van der Waals surface area (Å²) < 4.78 is 5.78. The number of ether oxygens (including phenoxy) is 1. The maximum absolute atomic E-state index is 11.6. The highest BCUT2D eigenvalue weighted by Gasteiger charge is 2.21. The minimum atomic E-state index is 0.281. The lowest BCUT2D eigenvalue weighted by molar-refractivity contribution is -0.132. The number of carbonyl (C=O) groups is 1. The van der Waals surface area contributed by atoms with Crippen LogP contribution >= 0.6 is 0 Å². The van der Waals surface area contributed by atoms with Crippen molar-refractivity contribution in [2.45, 2.75) is 32.8 Å². The van der Waals surface area contributed by atoms with Gasteiger partial charge in [-0.1, -0.05) is 37.3 Å². The van der Waals surface area contributed by atoms with E-state index in [0.717, 1.165) is 32.5 Å². The Kier molecular flexibility index (Phi) is 5.40. The third-order valence-electron chi connectivity index (χ3n) is 3.73. The zero-order chi connectivity index (χ0) is 13.5. The molecule has 1 aromatic rings. The molecule has 3 heteroatoms. The number of amides is 1. The van der Waals surface area contributed by atoms with Gasteiger partial charge in [0, 0.05) is 26.1 Å². The Labute approximate surface area is 115 Å². The summed E-state index contributed by atoms with van der Waals surface area (Å²) in [6.07, 6.45) is 2.76. The third-order valence-corrected chi connectivity index (χ3v) is 3.73. The summed E-state index contributed by atoms with van der Waals surface area (Å²) in [6.45, 7) is 5.22. The normalized spacial score (nSPS) is 16.6. The summed E-state index contributed by atoms with van der Waals surface area (Å²) in [7, 11) is 0. The average Bonchev–Trinajstić information content (AvgIpc) is 2.48. The van der Waals surface area contributed by atoms with Gasteiger partial charge in [0.25, 0.3) is 0 Å². The molecule has 0 aliphatic carbocycles.